The Morgan fingerprint density at radius 2 is 1.81 bits per heavy atom. The van der Waals surface area contributed by atoms with Crippen molar-refractivity contribution in [1.29, 1.82) is 0 Å². The molecule has 8 heteroatoms. The van der Waals surface area contributed by atoms with E-state index in [0.29, 0.717) is 31.0 Å². The van der Waals surface area contributed by atoms with Crippen LogP contribution in [0.25, 0.3) is 11.3 Å². The highest BCUT2D eigenvalue weighted by molar-refractivity contribution is 7.92. The molecule has 1 aliphatic heterocycles. The number of benzene rings is 2. The van der Waals surface area contributed by atoms with Crippen LogP contribution in [-0.4, -0.2) is 31.7 Å². The summed E-state index contributed by atoms with van der Waals surface area (Å²) < 4.78 is 26.1. The molecular formula is C23H24Cl2N2O2S2. The van der Waals surface area contributed by atoms with Crippen molar-refractivity contribution in [3.05, 3.63) is 63.5 Å². The Kier molecular flexibility index (Phi) is 6.92. The lowest BCUT2D eigenvalue weighted by atomic mass is 10.1. The van der Waals surface area contributed by atoms with E-state index in [1.807, 2.05) is 0 Å². The van der Waals surface area contributed by atoms with Gasteiger partial charge in [0.05, 0.1) is 20.9 Å². The average Bonchev–Trinajstić information content (AvgIpc) is 3.25. The minimum absolute atomic E-state index is 0.167. The Labute approximate surface area is 197 Å². The Balaban J connectivity index is 1.43. The monoisotopic (exact) mass is 494 g/mol. The van der Waals surface area contributed by atoms with E-state index in [4.69, 9.17) is 28.2 Å². The molecule has 0 spiro atoms. The van der Waals surface area contributed by atoms with Gasteiger partial charge in [-0.2, -0.15) is 0 Å². The van der Waals surface area contributed by atoms with Gasteiger partial charge in [-0.3, -0.25) is 0 Å². The smallest absolute Gasteiger partial charge is 0.185 e. The van der Waals surface area contributed by atoms with E-state index in [1.165, 1.54) is 17.7 Å². The predicted molar refractivity (Wildman–Crippen MR) is 130 cm³/mol. The van der Waals surface area contributed by atoms with E-state index in [1.54, 1.807) is 17.4 Å². The van der Waals surface area contributed by atoms with Crippen LogP contribution in [-0.2, 0) is 16.3 Å². The fourth-order valence-electron chi connectivity index (χ4n) is 3.92. The lowest BCUT2D eigenvalue weighted by Gasteiger charge is -2.31. The second kappa shape index (κ2) is 9.49. The minimum Gasteiger partial charge on any atom is -0.348 e. The van der Waals surface area contributed by atoms with Crippen molar-refractivity contribution in [2.75, 3.05) is 18.0 Å². The largest absolute Gasteiger partial charge is 0.348 e. The van der Waals surface area contributed by atoms with Crippen molar-refractivity contribution in [2.45, 2.75) is 42.8 Å². The van der Waals surface area contributed by atoms with E-state index in [9.17, 15) is 8.42 Å². The summed E-state index contributed by atoms with van der Waals surface area (Å²) in [5.41, 5.74) is 3.41. The number of thiazole rings is 1. The average molecular weight is 495 g/mol. The van der Waals surface area contributed by atoms with E-state index in [-0.39, 0.29) is 9.92 Å². The molecule has 0 atom stereocenters. The number of hydrogen-bond donors (Lipinski definition) is 0. The first kappa shape index (κ1) is 22.6. The zero-order valence-electron chi connectivity index (χ0n) is 17.2. The summed E-state index contributed by atoms with van der Waals surface area (Å²) in [7, 11) is -3.50. The normalized spacial score (nSPS) is 15.4. The number of anilines is 1. The van der Waals surface area contributed by atoms with Crippen LogP contribution in [0.2, 0.25) is 10.0 Å². The van der Waals surface area contributed by atoms with Gasteiger partial charge in [-0.1, -0.05) is 60.8 Å². The molecule has 1 aliphatic rings. The molecule has 1 aromatic heterocycles. The fraction of sp³-hybridized carbons (Fsp3) is 0.348. The van der Waals surface area contributed by atoms with Gasteiger partial charge in [0.1, 0.15) is 0 Å². The first-order chi connectivity index (χ1) is 14.9. The highest BCUT2D eigenvalue weighted by atomic mass is 35.5. The zero-order valence-corrected chi connectivity index (χ0v) is 20.4. The van der Waals surface area contributed by atoms with Crippen molar-refractivity contribution in [3.8, 4) is 11.3 Å². The minimum atomic E-state index is -3.50. The maximum absolute atomic E-state index is 13.1. The van der Waals surface area contributed by atoms with Crippen LogP contribution < -0.4 is 4.90 Å². The van der Waals surface area contributed by atoms with E-state index < -0.39 is 15.1 Å². The van der Waals surface area contributed by atoms with Crippen molar-refractivity contribution in [2.24, 2.45) is 0 Å². The van der Waals surface area contributed by atoms with Crippen LogP contribution in [0.1, 0.15) is 31.7 Å². The molecule has 1 saturated heterocycles. The molecule has 0 radical (unpaired) electrons. The summed E-state index contributed by atoms with van der Waals surface area (Å²) in [5, 5.41) is 3.17. The van der Waals surface area contributed by atoms with Crippen LogP contribution in [0.15, 0.2) is 52.7 Å². The summed E-state index contributed by atoms with van der Waals surface area (Å²) in [6, 6.07) is 13.1. The van der Waals surface area contributed by atoms with Crippen molar-refractivity contribution in [1.82, 2.24) is 4.98 Å². The zero-order chi connectivity index (χ0) is 22.0. The Hall–Kier alpha value is -1.60. The molecule has 164 valence electrons. The lowest BCUT2D eigenvalue weighted by molar-refractivity contribution is 0.529. The molecule has 0 aliphatic carbocycles. The number of rotatable bonds is 6. The van der Waals surface area contributed by atoms with Crippen molar-refractivity contribution >= 4 is 49.5 Å². The van der Waals surface area contributed by atoms with Crippen molar-refractivity contribution < 1.29 is 8.42 Å². The molecule has 4 nitrogen and oxygen atoms in total. The molecule has 0 unspecified atom stereocenters. The number of nitrogens with zero attached hydrogens (tertiary/aromatic N) is 2. The summed E-state index contributed by atoms with van der Waals surface area (Å²) in [6.07, 6.45) is 3.31. The molecular weight excluding hydrogens is 471 g/mol. The summed E-state index contributed by atoms with van der Waals surface area (Å²) in [5.74, 6) is 0. The van der Waals surface area contributed by atoms with Gasteiger partial charge in [0.2, 0.25) is 0 Å². The quantitative estimate of drug-likeness (QED) is 0.391. The number of aromatic nitrogens is 1. The fourth-order valence-corrected chi connectivity index (χ4v) is 7.31. The Bertz CT molecular complexity index is 1150. The number of hydrogen-bond acceptors (Lipinski definition) is 5. The third-order valence-electron chi connectivity index (χ3n) is 5.63. The predicted octanol–water partition coefficient (Wildman–Crippen LogP) is 6.51. The van der Waals surface area contributed by atoms with Gasteiger partial charge in [-0.05, 0) is 43.0 Å². The molecule has 2 heterocycles. The molecule has 4 rings (SSSR count). The maximum Gasteiger partial charge on any atom is 0.185 e. The first-order valence-corrected chi connectivity index (χ1v) is 13.6. The number of piperidine rings is 1. The van der Waals surface area contributed by atoms with E-state index >= 15 is 0 Å². The van der Waals surface area contributed by atoms with E-state index in [2.05, 4.69) is 41.5 Å². The maximum atomic E-state index is 13.1. The molecule has 2 aromatic carbocycles. The Morgan fingerprint density at radius 1 is 1.10 bits per heavy atom. The highest BCUT2D eigenvalue weighted by Crippen LogP contribution is 2.34. The molecule has 0 N–H and O–H groups in total. The highest BCUT2D eigenvalue weighted by Gasteiger charge is 2.33. The Morgan fingerprint density at radius 3 is 2.45 bits per heavy atom. The van der Waals surface area contributed by atoms with Gasteiger partial charge in [0.15, 0.2) is 15.0 Å². The summed E-state index contributed by atoms with van der Waals surface area (Å²) >= 11 is 13.7. The standard InChI is InChI=1S/C23H24Cl2N2O2S2/c1-2-3-16-4-6-17(7-5-16)21-15-30-23(26-21)27-12-10-19(11-13-27)31(28,29)22-9-8-18(24)14-20(22)25/h4-9,14-15,19H,2-3,10-13H2,1H3. The van der Waals surface area contributed by atoms with Gasteiger partial charge in [0.25, 0.3) is 0 Å². The van der Waals surface area contributed by atoms with Crippen molar-refractivity contribution in [3.63, 3.8) is 0 Å². The van der Waals surface area contributed by atoms with Crippen LogP contribution in [0.5, 0.6) is 0 Å². The first-order valence-electron chi connectivity index (χ1n) is 10.4. The third kappa shape index (κ3) is 4.92. The van der Waals surface area contributed by atoms with Crippen LogP contribution in [0.3, 0.4) is 0 Å². The summed E-state index contributed by atoms with van der Waals surface area (Å²) in [4.78, 5) is 7.15. The molecule has 1 fully saturated rings. The summed E-state index contributed by atoms with van der Waals surface area (Å²) in [6.45, 7) is 3.48. The third-order valence-corrected chi connectivity index (χ3v) is 9.51. The molecule has 0 amide bonds. The molecule has 3 aromatic rings. The van der Waals surface area contributed by atoms with Crippen LogP contribution >= 0.6 is 34.5 Å². The topological polar surface area (TPSA) is 50.3 Å². The second-order valence-electron chi connectivity index (χ2n) is 7.77. The SMILES string of the molecule is CCCc1ccc(-c2csc(N3CCC(S(=O)(=O)c4ccc(Cl)cc4Cl)CC3)n2)cc1. The molecule has 0 bridgehead atoms. The molecule has 31 heavy (non-hydrogen) atoms. The van der Waals surface area contributed by atoms with Crippen LogP contribution in [0.4, 0.5) is 5.13 Å². The number of halogens is 2. The number of sulfone groups is 1. The van der Waals surface area contributed by atoms with Gasteiger partial charge in [0, 0.05) is 29.1 Å². The number of aryl methyl sites for hydroxylation is 1. The molecule has 0 saturated carbocycles. The van der Waals surface area contributed by atoms with Gasteiger partial charge in [-0.25, -0.2) is 13.4 Å². The van der Waals surface area contributed by atoms with Gasteiger partial charge >= 0.3 is 0 Å². The van der Waals surface area contributed by atoms with E-state index in [0.717, 1.165) is 29.2 Å². The lowest BCUT2D eigenvalue weighted by Crippen LogP contribution is -2.39. The van der Waals surface area contributed by atoms with Gasteiger partial charge in [-0.15, -0.1) is 11.3 Å². The second-order valence-corrected chi connectivity index (χ2v) is 11.6. The van der Waals surface area contributed by atoms with Crippen LogP contribution in [0, 0.1) is 0 Å². The van der Waals surface area contributed by atoms with Gasteiger partial charge < -0.3 is 4.90 Å².